The summed E-state index contributed by atoms with van der Waals surface area (Å²) in [5.74, 6) is 7.96. The van der Waals surface area contributed by atoms with Crippen molar-refractivity contribution in [3.63, 3.8) is 0 Å². The van der Waals surface area contributed by atoms with Crippen molar-refractivity contribution in [3.8, 4) is 23.7 Å². The van der Waals surface area contributed by atoms with Gasteiger partial charge in [-0.2, -0.15) is 0 Å². The number of aliphatic carboxylic acids is 2. The van der Waals surface area contributed by atoms with Gasteiger partial charge in [-0.15, -0.1) is 11.8 Å². The summed E-state index contributed by atoms with van der Waals surface area (Å²) in [5, 5.41) is 18.1. The van der Waals surface area contributed by atoms with Crippen LogP contribution in [0.2, 0.25) is 0 Å². The standard InChI is InChI=1S/C45H73NO11/c1-3-5-7-9-11-13-21-27-35-55-43(52)31-25-19-15-17-23-29-39(57-45(54)38-46(37-42(50)51)40(47)33-34-41(48)49)30-24-18-16-20-26-32-44(53)56-36-28-22-14-12-10-8-6-4-2/h39H,3-12,15-20,23-38H2,1-2H3,(H,48,49)(H,50,51). The molecule has 0 saturated heterocycles. The van der Waals surface area contributed by atoms with Crippen molar-refractivity contribution in [2.75, 3.05) is 26.3 Å². The molecule has 12 nitrogen and oxygen atoms in total. The highest BCUT2D eigenvalue weighted by Crippen LogP contribution is 2.18. The Labute approximate surface area is 342 Å². The molecule has 57 heavy (non-hydrogen) atoms. The number of ether oxygens (including phenoxy) is 3. The molecule has 12 heteroatoms. The van der Waals surface area contributed by atoms with Gasteiger partial charge in [-0.05, 0) is 51.4 Å². The summed E-state index contributed by atoms with van der Waals surface area (Å²) in [4.78, 5) is 72.5. The molecule has 0 spiro atoms. The van der Waals surface area contributed by atoms with Crippen molar-refractivity contribution in [1.29, 1.82) is 0 Å². The quantitative estimate of drug-likeness (QED) is 0.0268. The number of hydrogen-bond acceptors (Lipinski definition) is 9. The summed E-state index contributed by atoms with van der Waals surface area (Å²) in [6.45, 7) is 3.67. The van der Waals surface area contributed by atoms with E-state index in [1.165, 1.54) is 38.5 Å². The highest BCUT2D eigenvalue weighted by Gasteiger charge is 2.23. The summed E-state index contributed by atoms with van der Waals surface area (Å²) in [6.07, 6.45) is 21.2. The van der Waals surface area contributed by atoms with E-state index in [2.05, 4.69) is 37.5 Å². The molecule has 0 aliphatic rings. The number of carbonyl (C=O) groups excluding carboxylic acids is 4. The second-order valence-electron chi connectivity index (χ2n) is 14.5. The van der Waals surface area contributed by atoms with E-state index in [1.54, 1.807) is 0 Å². The molecular formula is C45H73NO11. The van der Waals surface area contributed by atoms with E-state index in [0.717, 1.165) is 94.8 Å². The average molecular weight is 804 g/mol. The van der Waals surface area contributed by atoms with Crippen molar-refractivity contribution in [1.82, 2.24) is 4.90 Å². The van der Waals surface area contributed by atoms with Gasteiger partial charge in [-0.1, -0.05) is 103 Å². The zero-order valence-electron chi connectivity index (χ0n) is 35.2. The fourth-order valence-electron chi connectivity index (χ4n) is 5.96. The number of rotatable bonds is 36. The number of amides is 1. The van der Waals surface area contributed by atoms with Crippen LogP contribution in [-0.4, -0.2) is 83.3 Å². The van der Waals surface area contributed by atoms with Gasteiger partial charge in [0, 0.05) is 44.9 Å². The van der Waals surface area contributed by atoms with Crippen LogP contribution in [0.25, 0.3) is 0 Å². The Morgan fingerprint density at radius 3 is 1.37 bits per heavy atom. The second-order valence-corrected chi connectivity index (χ2v) is 14.5. The van der Waals surface area contributed by atoms with Crippen LogP contribution in [0.15, 0.2) is 0 Å². The Kier molecular flexibility index (Phi) is 36.0. The van der Waals surface area contributed by atoms with Crippen LogP contribution in [0.3, 0.4) is 0 Å². The van der Waals surface area contributed by atoms with E-state index in [-0.39, 0.29) is 11.9 Å². The maximum Gasteiger partial charge on any atom is 0.325 e. The van der Waals surface area contributed by atoms with Crippen LogP contribution >= 0.6 is 0 Å². The summed E-state index contributed by atoms with van der Waals surface area (Å²) in [5.41, 5.74) is 0. The number of carboxylic acids is 2. The van der Waals surface area contributed by atoms with E-state index in [9.17, 15) is 33.9 Å². The van der Waals surface area contributed by atoms with Crippen molar-refractivity contribution >= 4 is 35.8 Å². The number of unbranched alkanes of at least 4 members (excludes halogenated alkanes) is 16. The first-order valence-electron chi connectivity index (χ1n) is 21.7. The van der Waals surface area contributed by atoms with E-state index in [0.29, 0.717) is 51.7 Å². The Morgan fingerprint density at radius 2 is 0.912 bits per heavy atom. The van der Waals surface area contributed by atoms with Crippen LogP contribution in [0, 0.1) is 23.7 Å². The van der Waals surface area contributed by atoms with Gasteiger partial charge in [0.15, 0.2) is 0 Å². The Balaban J connectivity index is 4.64. The molecule has 2 N–H and O–H groups in total. The van der Waals surface area contributed by atoms with Crippen molar-refractivity contribution in [2.24, 2.45) is 0 Å². The minimum atomic E-state index is -1.32. The third-order valence-electron chi connectivity index (χ3n) is 9.20. The van der Waals surface area contributed by atoms with Gasteiger partial charge in [-0.3, -0.25) is 28.8 Å². The fraction of sp³-hybridized carbons (Fsp3) is 0.778. The predicted octanol–water partition coefficient (Wildman–Crippen LogP) is 8.95. The fourth-order valence-corrected chi connectivity index (χ4v) is 5.96. The van der Waals surface area contributed by atoms with Gasteiger partial charge in [0.2, 0.25) is 5.91 Å². The van der Waals surface area contributed by atoms with Gasteiger partial charge in [0.1, 0.15) is 32.4 Å². The topological polar surface area (TPSA) is 174 Å². The van der Waals surface area contributed by atoms with Gasteiger partial charge >= 0.3 is 29.8 Å². The summed E-state index contributed by atoms with van der Waals surface area (Å²) < 4.78 is 16.3. The Morgan fingerprint density at radius 1 is 0.474 bits per heavy atom. The molecule has 0 atom stereocenters. The molecule has 0 aliphatic carbocycles. The smallest absolute Gasteiger partial charge is 0.325 e. The Bertz CT molecular complexity index is 1180. The van der Waals surface area contributed by atoms with Gasteiger partial charge in [-0.25, -0.2) is 0 Å². The second kappa shape index (κ2) is 38.8. The summed E-state index contributed by atoms with van der Waals surface area (Å²) in [7, 11) is 0. The SMILES string of the molecule is CCCCCCC#CCCOC(=O)CCCCCCCC(CCCCCCCC(=O)OCCC#CCCCCCC)OC(=O)CN(CC(=O)O)C(=O)CCC(=O)O. The maximum absolute atomic E-state index is 12.9. The molecule has 0 heterocycles. The molecule has 0 rings (SSSR count). The number of carboxylic acid groups (broad SMARTS) is 2. The third-order valence-corrected chi connectivity index (χ3v) is 9.20. The molecule has 324 valence electrons. The predicted molar refractivity (Wildman–Crippen MR) is 220 cm³/mol. The zero-order chi connectivity index (χ0) is 42.2. The lowest BCUT2D eigenvalue weighted by Crippen LogP contribution is -2.40. The number of esters is 3. The van der Waals surface area contributed by atoms with Crippen LogP contribution in [0.1, 0.15) is 194 Å². The first-order chi connectivity index (χ1) is 27.6. The molecule has 0 bridgehead atoms. The minimum Gasteiger partial charge on any atom is -0.481 e. The van der Waals surface area contributed by atoms with Crippen LogP contribution in [-0.2, 0) is 43.0 Å². The van der Waals surface area contributed by atoms with Gasteiger partial charge in [0.05, 0.1) is 6.42 Å². The normalized spacial score (nSPS) is 10.5. The van der Waals surface area contributed by atoms with Crippen LogP contribution < -0.4 is 0 Å². The van der Waals surface area contributed by atoms with Crippen molar-refractivity contribution in [2.45, 2.75) is 200 Å². The number of carbonyl (C=O) groups is 6. The third kappa shape index (κ3) is 37.3. The van der Waals surface area contributed by atoms with Gasteiger partial charge in [0.25, 0.3) is 0 Å². The average Bonchev–Trinajstić information content (AvgIpc) is 3.17. The molecule has 0 fully saturated rings. The highest BCUT2D eigenvalue weighted by atomic mass is 16.5. The van der Waals surface area contributed by atoms with Gasteiger partial charge < -0.3 is 29.3 Å². The molecule has 1 amide bonds. The van der Waals surface area contributed by atoms with E-state index in [1.807, 2.05) is 0 Å². The number of hydrogen-bond donors (Lipinski definition) is 2. The zero-order valence-corrected chi connectivity index (χ0v) is 35.2. The lowest BCUT2D eigenvalue weighted by molar-refractivity contribution is -0.156. The largest absolute Gasteiger partial charge is 0.481 e. The first-order valence-corrected chi connectivity index (χ1v) is 21.7. The molecule has 0 saturated carbocycles. The lowest BCUT2D eigenvalue weighted by Gasteiger charge is -2.23. The monoisotopic (exact) mass is 804 g/mol. The summed E-state index contributed by atoms with van der Waals surface area (Å²) in [6, 6.07) is 0. The first kappa shape index (κ1) is 52.9. The van der Waals surface area contributed by atoms with Crippen LogP contribution in [0.5, 0.6) is 0 Å². The van der Waals surface area contributed by atoms with Crippen molar-refractivity contribution < 1.29 is 53.2 Å². The highest BCUT2D eigenvalue weighted by molar-refractivity contribution is 5.87. The van der Waals surface area contributed by atoms with E-state index < -0.39 is 55.9 Å². The molecule has 0 aromatic rings. The molecule has 0 aromatic heterocycles. The molecule has 0 aromatic carbocycles. The summed E-state index contributed by atoms with van der Waals surface area (Å²) >= 11 is 0. The van der Waals surface area contributed by atoms with E-state index >= 15 is 0 Å². The molecule has 0 aliphatic heterocycles. The van der Waals surface area contributed by atoms with E-state index in [4.69, 9.17) is 19.3 Å². The molecule has 0 unspecified atom stereocenters. The van der Waals surface area contributed by atoms with Crippen LogP contribution in [0.4, 0.5) is 0 Å². The maximum atomic E-state index is 12.9. The Hall–Kier alpha value is -4.06. The molecule has 0 radical (unpaired) electrons. The lowest BCUT2D eigenvalue weighted by atomic mass is 10.0. The molecular weight excluding hydrogens is 730 g/mol. The van der Waals surface area contributed by atoms with Crippen molar-refractivity contribution in [3.05, 3.63) is 0 Å². The minimum absolute atomic E-state index is 0.213. The number of nitrogens with zero attached hydrogens (tertiary/aromatic N) is 1.